The van der Waals surface area contributed by atoms with Crippen molar-refractivity contribution >= 4 is 21.9 Å². The molecule has 0 bridgehead atoms. The molecular formula is C30H27N7. The number of aromatic amines is 2. The van der Waals surface area contributed by atoms with E-state index in [1.54, 1.807) is 0 Å². The van der Waals surface area contributed by atoms with E-state index in [4.69, 9.17) is 0 Å². The minimum absolute atomic E-state index is 0.694. The largest absolute Gasteiger partial charge is 0.353 e. The van der Waals surface area contributed by atoms with Crippen LogP contribution >= 0.6 is 0 Å². The van der Waals surface area contributed by atoms with Gasteiger partial charge in [-0.05, 0) is 67.9 Å². The smallest absolute Gasteiger partial charge is 0.181 e. The number of aromatic nitrogens is 6. The highest BCUT2D eigenvalue weighted by molar-refractivity contribution is 6.00. The number of nitrogens with one attached hydrogen (secondary N) is 2. The van der Waals surface area contributed by atoms with Gasteiger partial charge in [0.15, 0.2) is 5.65 Å². The Hall–Kier alpha value is -4.36. The molecule has 5 aromatic heterocycles. The van der Waals surface area contributed by atoms with Crippen molar-refractivity contribution in [2.24, 2.45) is 0 Å². The molecule has 1 aromatic carbocycles. The van der Waals surface area contributed by atoms with Crippen molar-refractivity contribution in [1.29, 1.82) is 0 Å². The summed E-state index contributed by atoms with van der Waals surface area (Å²) < 4.78 is 0. The number of nitrogens with zero attached hydrogens (tertiary/aromatic N) is 5. The van der Waals surface area contributed by atoms with Crippen LogP contribution in [0.2, 0.25) is 0 Å². The molecule has 7 nitrogen and oxygen atoms in total. The minimum Gasteiger partial charge on any atom is -0.353 e. The van der Waals surface area contributed by atoms with E-state index in [0.29, 0.717) is 5.65 Å². The Kier molecular flexibility index (Phi) is 5.48. The van der Waals surface area contributed by atoms with E-state index in [0.717, 1.165) is 56.6 Å². The van der Waals surface area contributed by atoms with E-state index in [1.165, 1.54) is 37.9 Å². The van der Waals surface area contributed by atoms with Crippen LogP contribution in [0.4, 0.5) is 0 Å². The van der Waals surface area contributed by atoms with Crippen LogP contribution in [0.1, 0.15) is 24.8 Å². The van der Waals surface area contributed by atoms with Gasteiger partial charge >= 0.3 is 0 Å². The van der Waals surface area contributed by atoms with Gasteiger partial charge in [-0.3, -0.25) is 20.0 Å². The molecule has 0 aliphatic carbocycles. The number of fused-ring (bicyclic) bond motifs is 2. The van der Waals surface area contributed by atoms with Gasteiger partial charge in [0.05, 0.1) is 17.1 Å². The highest BCUT2D eigenvalue weighted by Crippen LogP contribution is 2.34. The SMILES string of the molecule is c1ccc(-c2cccc3[nH]c(-c4[nH]nc5ncc(-c6cncc(CN7CCCCC7)c6)cc45)cc23)nc1. The lowest BCUT2D eigenvalue weighted by atomic mass is 10.0. The van der Waals surface area contributed by atoms with E-state index >= 15 is 0 Å². The lowest BCUT2D eigenvalue weighted by Gasteiger charge is -2.26. The molecule has 7 rings (SSSR count). The molecule has 2 N–H and O–H groups in total. The maximum absolute atomic E-state index is 4.66. The quantitative estimate of drug-likeness (QED) is 0.303. The van der Waals surface area contributed by atoms with Crippen LogP contribution in [0.5, 0.6) is 0 Å². The van der Waals surface area contributed by atoms with E-state index in [2.05, 4.69) is 71.4 Å². The molecule has 182 valence electrons. The van der Waals surface area contributed by atoms with E-state index < -0.39 is 0 Å². The Morgan fingerprint density at radius 1 is 0.811 bits per heavy atom. The third kappa shape index (κ3) is 4.17. The second-order valence-electron chi connectivity index (χ2n) is 9.78. The normalized spacial score (nSPS) is 14.5. The molecule has 0 saturated carbocycles. The molecular weight excluding hydrogens is 458 g/mol. The predicted molar refractivity (Wildman–Crippen MR) is 147 cm³/mol. The number of pyridine rings is 3. The monoisotopic (exact) mass is 485 g/mol. The van der Waals surface area contributed by atoms with Crippen LogP contribution in [0, 0.1) is 0 Å². The van der Waals surface area contributed by atoms with Crippen LogP contribution in [0.3, 0.4) is 0 Å². The van der Waals surface area contributed by atoms with Gasteiger partial charge in [-0.25, -0.2) is 4.98 Å². The van der Waals surface area contributed by atoms with Crippen molar-refractivity contribution in [3.63, 3.8) is 0 Å². The standard InChI is InChI=1S/C30H27N7/c1-4-11-37(12-5-1)19-20-13-21(17-31-16-20)22-14-25-29(35-36-30(25)33-18-22)28-15-24-23(7-6-9-27(24)34-28)26-8-2-3-10-32-26/h2-3,6-10,13-18,34H,1,4-5,11-12,19H2,(H,33,35,36). The average molecular weight is 486 g/mol. The third-order valence-electron chi connectivity index (χ3n) is 7.27. The molecule has 0 unspecified atom stereocenters. The summed E-state index contributed by atoms with van der Waals surface area (Å²) in [5, 5.41) is 9.80. The Balaban J connectivity index is 1.26. The zero-order valence-corrected chi connectivity index (χ0v) is 20.5. The molecule has 6 heterocycles. The Morgan fingerprint density at radius 3 is 2.62 bits per heavy atom. The summed E-state index contributed by atoms with van der Waals surface area (Å²) in [5.74, 6) is 0. The van der Waals surface area contributed by atoms with Crippen molar-refractivity contribution in [1.82, 2.24) is 35.0 Å². The van der Waals surface area contributed by atoms with Crippen molar-refractivity contribution < 1.29 is 0 Å². The molecule has 0 amide bonds. The summed E-state index contributed by atoms with van der Waals surface area (Å²) >= 11 is 0. The summed E-state index contributed by atoms with van der Waals surface area (Å²) in [6.07, 6.45) is 11.5. The van der Waals surface area contributed by atoms with Crippen LogP contribution in [0.25, 0.3) is 55.7 Å². The maximum Gasteiger partial charge on any atom is 0.181 e. The number of likely N-dealkylation sites (tertiary alicyclic amines) is 1. The van der Waals surface area contributed by atoms with Gasteiger partial charge in [-0.15, -0.1) is 0 Å². The molecule has 1 aliphatic heterocycles. The maximum atomic E-state index is 4.66. The van der Waals surface area contributed by atoms with Gasteiger partial charge in [0.25, 0.3) is 0 Å². The summed E-state index contributed by atoms with van der Waals surface area (Å²) in [6.45, 7) is 3.28. The Bertz CT molecular complexity index is 1690. The number of hydrogen-bond acceptors (Lipinski definition) is 5. The van der Waals surface area contributed by atoms with Gasteiger partial charge in [-0.1, -0.05) is 24.6 Å². The fourth-order valence-corrected chi connectivity index (χ4v) is 5.41. The zero-order chi connectivity index (χ0) is 24.6. The number of benzene rings is 1. The molecule has 1 fully saturated rings. The van der Waals surface area contributed by atoms with Gasteiger partial charge in [-0.2, -0.15) is 5.10 Å². The van der Waals surface area contributed by atoms with Gasteiger partial charge in [0.2, 0.25) is 0 Å². The van der Waals surface area contributed by atoms with Crippen LogP contribution in [-0.2, 0) is 6.54 Å². The topological polar surface area (TPSA) is 86.4 Å². The molecule has 0 spiro atoms. The van der Waals surface area contributed by atoms with Crippen LogP contribution < -0.4 is 0 Å². The van der Waals surface area contributed by atoms with Crippen molar-refractivity contribution in [3.05, 3.63) is 84.9 Å². The molecule has 0 radical (unpaired) electrons. The van der Waals surface area contributed by atoms with E-state index in [-0.39, 0.29) is 0 Å². The fraction of sp³-hybridized carbons (Fsp3) is 0.200. The van der Waals surface area contributed by atoms with Gasteiger partial charge in [0.1, 0.15) is 0 Å². The minimum atomic E-state index is 0.694. The lowest BCUT2D eigenvalue weighted by molar-refractivity contribution is 0.220. The van der Waals surface area contributed by atoms with Crippen molar-refractivity contribution in [2.45, 2.75) is 25.8 Å². The predicted octanol–water partition coefficient (Wildman–Crippen LogP) is 6.22. The first-order valence-corrected chi connectivity index (χ1v) is 12.9. The summed E-state index contributed by atoms with van der Waals surface area (Å²) in [5.41, 5.74) is 9.04. The average Bonchev–Trinajstić information content (AvgIpc) is 3.58. The zero-order valence-electron chi connectivity index (χ0n) is 20.5. The fourth-order valence-electron chi connectivity index (χ4n) is 5.41. The number of hydrogen-bond donors (Lipinski definition) is 2. The highest BCUT2D eigenvalue weighted by atomic mass is 15.2. The molecule has 6 aromatic rings. The lowest BCUT2D eigenvalue weighted by Crippen LogP contribution is -2.29. The molecule has 1 aliphatic rings. The second kappa shape index (κ2) is 9.26. The summed E-state index contributed by atoms with van der Waals surface area (Å²) in [7, 11) is 0. The second-order valence-corrected chi connectivity index (χ2v) is 9.78. The van der Waals surface area contributed by atoms with Crippen molar-refractivity contribution in [2.75, 3.05) is 13.1 Å². The number of piperidine rings is 1. The number of rotatable bonds is 5. The van der Waals surface area contributed by atoms with Crippen LogP contribution in [0.15, 0.2) is 79.4 Å². The summed E-state index contributed by atoms with van der Waals surface area (Å²) in [4.78, 5) is 19.9. The third-order valence-corrected chi connectivity index (χ3v) is 7.27. The molecule has 0 atom stereocenters. The first-order chi connectivity index (χ1) is 18.3. The van der Waals surface area contributed by atoms with E-state index in [1.807, 2.05) is 43.0 Å². The van der Waals surface area contributed by atoms with Gasteiger partial charge in [0, 0.05) is 64.3 Å². The summed E-state index contributed by atoms with van der Waals surface area (Å²) in [6, 6.07) is 18.8. The molecule has 37 heavy (non-hydrogen) atoms. The Labute approximate surface area is 214 Å². The molecule has 1 saturated heterocycles. The van der Waals surface area contributed by atoms with Gasteiger partial charge < -0.3 is 4.98 Å². The highest BCUT2D eigenvalue weighted by Gasteiger charge is 2.16. The number of H-pyrrole nitrogens is 2. The van der Waals surface area contributed by atoms with Crippen molar-refractivity contribution in [3.8, 4) is 33.8 Å². The van der Waals surface area contributed by atoms with E-state index in [9.17, 15) is 0 Å². The first-order valence-electron chi connectivity index (χ1n) is 12.9. The molecule has 7 heteroatoms. The Morgan fingerprint density at radius 2 is 1.73 bits per heavy atom. The first kappa shape index (κ1) is 21.9. The van der Waals surface area contributed by atoms with Crippen LogP contribution in [-0.4, -0.2) is 48.1 Å².